The highest BCUT2D eigenvalue weighted by Crippen LogP contribution is 2.20. The first-order valence-electron chi connectivity index (χ1n) is 8.58. The molecule has 1 amide bonds. The maximum atomic E-state index is 12.3. The van der Waals surface area contributed by atoms with Crippen LogP contribution in [0, 0.1) is 5.92 Å². The number of rotatable bonds is 8. The molecule has 1 heterocycles. The maximum absolute atomic E-state index is 12.3. The van der Waals surface area contributed by atoms with E-state index in [1.807, 2.05) is 24.3 Å². The minimum atomic E-state index is -3.46. The van der Waals surface area contributed by atoms with Gasteiger partial charge in [-0.2, -0.15) is 28.8 Å². The van der Waals surface area contributed by atoms with Crippen molar-refractivity contribution >= 4 is 39.5 Å². The van der Waals surface area contributed by atoms with Gasteiger partial charge < -0.3 is 5.32 Å². The van der Waals surface area contributed by atoms with Gasteiger partial charge in [-0.25, -0.2) is 0 Å². The van der Waals surface area contributed by atoms with Crippen LogP contribution in [0.2, 0.25) is 5.02 Å². The lowest BCUT2D eigenvalue weighted by Gasteiger charge is -2.32. The Hall–Kier alpha value is -0.800. The van der Waals surface area contributed by atoms with Crippen molar-refractivity contribution in [3.05, 3.63) is 34.9 Å². The number of amides is 1. The average Bonchev–Trinajstić information content (AvgIpc) is 2.61. The lowest BCUT2D eigenvalue weighted by Crippen LogP contribution is -2.49. The minimum Gasteiger partial charge on any atom is -0.355 e. The van der Waals surface area contributed by atoms with E-state index in [0.717, 1.165) is 28.5 Å². The summed E-state index contributed by atoms with van der Waals surface area (Å²) in [7, 11) is -0.438. The summed E-state index contributed by atoms with van der Waals surface area (Å²) in [6.07, 6.45) is 1.43. The Kier molecular flexibility index (Phi) is 8.22. The third-order valence-electron chi connectivity index (χ3n) is 4.25. The molecular formula is C17H26ClN3O3S2. The Bertz CT molecular complexity index is 713. The summed E-state index contributed by atoms with van der Waals surface area (Å²) in [5, 5.41) is 3.66. The van der Waals surface area contributed by atoms with Crippen LogP contribution in [0.3, 0.4) is 0 Å². The monoisotopic (exact) mass is 419 g/mol. The summed E-state index contributed by atoms with van der Waals surface area (Å²) in [4.78, 5) is 12.3. The van der Waals surface area contributed by atoms with E-state index >= 15 is 0 Å². The number of thioether (sulfide) groups is 1. The Morgan fingerprint density at radius 2 is 2.19 bits per heavy atom. The van der Waals surface area contributed by atoms with E-state index in [-0.39, 0.29) is 18.4 Å². The number of carbonyl (C=O) groups excluding carboxylic acids is 1. The molecule has 1 aromatic rings. The predicted molar refractivity (Wildman–Crippen MR) is 108 cm³/mol. The van der Waals surface area contributed by atoms with E-state index in [9.17, 15) is 13.2 Å². The van der Waals surface area contributed by atoms with E-state index in [4.69, 9.17) is 11.6 Å². The summed E-state index contributed by atoms with van der Waals surface area (Å²) < 4.78 is 27.0. The molecule has 1 N–H and O–H groups in total. The van der Waals surface area contributed by atoms with Gasteiger partial charge >= 0.3 is 0 Å². The number of nitrogens with one attached hydrogen (secondary N) is 1. The molecule has 1 atom stereocenters. The highest BCUT2D eigenvalue weighted by Gasteiger charge is 2.33. The Morgan fingerprint density at radius 3 is 2.88 bits per heavy atom. The molecule has 1 aliphatic rings. The smallest absolute Gasteiger partial charge is 0.281 e. The molecule has 1 aliphatic heterocycles. The summed E-state index contributed by atoms with van der Waals surface area (Å²) in [5.74, 6) is 1.29. The number of hydrogen-bond acceptors (Lipinski definition) is 4. The van der Waals surface area contributed by atoms with Crippen molar-refractivity contribution in [1.29, 1.82) is 0 Å². The minimum absolute atomic E-state index is 0.0630. The second-order valence-corrected chi connectivity index (χ2v) is 10.1. The first-order chi connectivity index (χ1) is 12.3. The maximum Gasteiger partial charge on any atom is 0.281 e. The molecule has 1 saturated heterocycles. The van der Waals surface area contributed by atoms with Crippen LogP contribution in [0.1, 0.15) is 18.4 Å². The molecule has 146 valence electrons. The summed E-state index contributed by atoms with van der Waals surface area (Å²) >= 11 is 7.69. The van der Waals surface area contributed by atoms with Crippen molar-refractivity contribution in [2.75, 3.05) is 39.5 Å². The molecule has 0 bridgehead atoms. The van der Waals surface area contributed by atoms with Gasteiger partial charge in [-0.05, 0) is 30.5 Å². The largest absolute Gasteiger partial charge is 0.355 e. The van der Waals surface area contributed by atoms with E-state index in [0.29, 0.717) is 19.5 Å². The highest BCUT2D eigenvalue weighted by molar-refractivity contribution is 7.98. The SMILES string of the molecule is CN(C)S(=O)(=O)N1CCC[C@H](C(=O)NCCSCc2cccc(Cl)c2)C1. The van der Waals surface area contributed by atoms with Gasteiger partial charge in [-0.15, -0.1) is 0 Å². The Balaban J connectivity index is 1.72. The molecule has 26 heavy (non-hydrogen) atoms. The molecule has 0 saturated carbocycles. The zero-order chi connectivity index (χ0) is 19.2. The number of benzene rings is 1. The molecule has 1 aromatic carbocycles. The number of nitrogens with zero attached hydrogens (tertiary/aromatic N) is 2. The molecule has 9 heteroatoms. The molecule has 0 aliphatic carbocycles. The van der Waals surface area contributed by atoms with Gasteiger partial charge in [0.05, 0.1) is 5.92 Å². The second-order valence-electron chi connectivity index (χ2n) is 6.46. The van der Waals surface area contributed by atoms with Crippen LogP contribution in [0.15, 0.2) is 24.3 Å². The van der Waals surface area contributed by atoms with Crippen molar-refractivity contribution in [1.82, 2.24) is 13.9 Å². The van der Waals surface area contributed by atoms with Crippen LogP contribution in [-0.2, 0) is 20.8 Å². The molecule has 0 radical (unpaired) electrons. The van der Waals surface area contributed by atoms with Gasteiger partial charge in [0.1, 0.15) is 0 Å². The molecular weight excluding hydrogens is 394 g/mol. The molecule has 6 nitrogen and oxygen atoms in total. The lowest BCUT2D eigenvalue weighted by atomic mass is 9.99. The molecule has 0 aromatic heterocycles. The Labute approximate surface area is 165 Å². The van der Waals surface area contributed by atoms with Crippen molar-refractivity contribution in [2.24, 2.45) is 5.92 Å². The number of hydrogen-bond donors (Lipinski definition) is 1. The fraction of sp³-hybridized carbons (Fsp3) is 0.588. The van der Waals surface area contributed by atoms with E-state index in [1.54, 1.807) is 11.8 Å². The van der Waals surface area contributed by atoms with Crippen LogP contribution < -0.4 is 5.32 Å². The fourth-order valence-electron chi connectivity index (χ4n) is 2.80. The zero-order valence-corrected chi connectivity index (χ0v) is 17.5. The third-order valence-corrected chi connectivity index (χ3v) is 7.42. The lowest BCUT2D eigenvalue weighted by molar-refractivity contribution is -0.125. The van der Waals surface area contributed by atoms with E-state index in [1.165, 1.54) is 22.7 Å². The average molecular weight is 420 g/mol. The van der Waals surface area contributed by atoms with E-state index < -0.39 is 10.2 Å². The van der Waals surface area contributed by atoms with Gasteiger partial charge in [0, 0.05) is 50.3 Å². The standard InChI is InChI=1S/C17H26ClN3O3S2/c1-20(2)26(23,24)21-9-4-6-15(12-21)17(22)19-8-10-25-13-14-5-3-7-16(18)11-14/h3,5,7,11,15H,4,6,8-10,12-13H2,1-2H3,(H,19,22)/t15-/m0/s1. The topological polar surface area (TPSA) is 69.7 Å². The van der Waals surface area contributed by atoms with Gasteiger partial charge in [-0.1, -0.05) is 23.7 Å². The number of halogens is 1. The molecule has 1 fully saturated rings. The molecule has 2 rings (SSSR count). The zero-order valence-electron chi connectivity index (χ0n) is 15.2. The summed E-state index contributed by atoms with van der Waals surface area (Å²) in [6, 6.07) is 7.74. The van der Waals surface area contributed by atoms with Crippen LogP contribution in [0.5, 0.6) is 0 Å². The van der Waals surface area contributed by atoms with Crippen molar-refractivity contribution in [3.8, 4) is 0 Å². The van der Waals surface area contributed by atoms with Gasteiger partial charge in [0.15, 0.2) is 0 Å². The second kappa shape index (κ2) is 9.94. The fourth-order valence-corrected chi connectivity index (χ4v) is 5.01. The molecule has 0 unspecified atom stereocenters. The predicted octanol–water partition coefficient (Wildman–Crippen LogP) is 2.21. The van der Waals surface area contributed by atoms with Crippen LogP contribution in [0.25, 0.3) is 0 Å². The quantitative estimate of drug-likeness (QED) is 0.656. The number of piperidine rings is 1. The number of carbonyl (C=O) groups is 1. The van der Waals surface area contributed by atoms with Crippen LogP contribution in [-0.4, -0.2) is 62.4 Å². The Morgan fingerprint density at radius 1 is 1.42 bits per heavy atom. The van der Waals surface area contributed by atoms with Crippen LogP contribution in [0.4, 0.5) is 0 Å². The normalized spacial score (nSPS) is 18.8. The first kappa shape index (κ1) is 21.5. The highest BCUT2D eigenvalue weighted by atomic mass is 35.5. The van der Waals surface area contributed by atoms with Crippen molar-refractivity contribution in [2.45, 2.75) is 18.6 Å². The van der Waals surface area contributed by atoms with Gasteiger partial charge in [-0.3, -0.25) is 4.79 Å². The summed E-state index contributed by atoms with van der Waals surface area (Å²) in [6.45, 7) is 1.29. The van der Waals surface area contributed by atoms with Crippen LogP contribution >= 0.6 is 23.4 Å². The third kappa shape index (κ3) is 6.13. The first-order valence-corrected chi connectivity index (χ1v) is 11.5. The molecule has 0 spiro atoms. The van der Waals surface area contributed by atoms with Crippen molar-refractivity contribution in [3.63, 3.8) is 0 Å². The van der Waals surface area contributed by atoms with Crippen molar-refractivity contribution < 1.29 is 13.2 Å². The van der Waals surface area contributed by atoms with E-state index in [2.05, 4.69) is 5.32 Å². The van der Waals surface area contributed by atoms with Gasteiger partial charge in [0.25, 0.3) is 10.2 Å². The van der Waals surface area contributed by atoms with Gasteiger partial charge in [0.2, 0.25) is 5.91 Å². The summed E-state index contributed by atoms with van der Waals surface area (Å²) in [5.41, 5.74) is 1.16.